The Labute approximate surface area is 183 Å². The molecule has 7 aromatic rings. The van der Waals surface area contributed by atoms with Crippen molar-refractivity contribution in [3.05, 3.63) is 103 Å². The van der Waals surface area contributed by atoms with Crippen molar-refractivity contribution in [2.75, 3.05) is 0 Å². The summed E-state index contributed by atoms with van der Waals surface area (Å²) in [7, 11) is 0. The Hall–Kier alpha value is -4.44. The van der Waals surface area contributed by atoms with Gasteiger partial charge in [-0.1, -0.05) is 65.9 Å². The molecular formula is C28H17N3O. The van der Waals surface area contributed by atoms with E-state index in [-0.39, 0.29) is 0 Å². The van der Waals surface area contributed by atoms with Crippen molar-refractivity contribution in [3.63, 3.8) is 0 Å². The smallest absolute Gasteiger partial charge is 0.136 e. The molecule has 0 aliphatic heterocycles. The lowest BCUT2D eigenvalue weighted by Crippen LogP contribution is -1.96. The van der Waals surface area contributed by atoms with Crippen LogP contribution in [0.2, 0.25) is 0 Å². The highest BCUT2D eigenvalue weighted by molar-refractivity contribution is 6.06. The van der Waals surface area contributed by atoms with Crippen molar-refractivity contribution in [3.8, 4) is 16.9 Å². The third kappa shape index (κ3) is 2.56. The number of fused-ring (bicyclic) bond motifs is 5. The van der Waals surface area contributed by atoms with Gasteiger partial charge < -0.3 is 4.42 Å². The van der Waals surface area contributed by atoms with Crippen LogP contribution in [-0.2, 0) is 0 Å². The molecule has 0 radical (unpaired) electrons. The number of rotatable bonds is 2. The summed E-state index contributed by atoms with van der Waals surface area (Å²) >= 11 is 0. The van der Waals surface area contributed by atoms with Gasteiger partial charge in [0.2, 0.25) is 0 Å². The predicted octanol–water partition coefficient (Wildman–Crippen LogP) is 7.14. The topological polar surface area (TPSA) is 43.9 Å². The van der Waals surface area contributed by atoms with Gasteiger partial charge in [0, 0.05) is 21.7 Å². The minimum Gasteiger partial charge on any atom is -0.456 e. The molecule has 5 aromatic carbocycles. The Morgan fingerprint density at radius 3 is 2.31 bits per heavy atom. The van der Waals surface area contributed by atoms with E-state index in [4.69, 9.17) is 4.42 Å². The third-order valence-corrected chi connectivity index (χ3v) is 6.14. The number of para-hydroxylation sites is 1. The van der Waals surface area contributed by atoms with E-state index in [2.05, 4.69) is 83.1 Å². The van der Waals surface area contributed by atoms with Crippen LogP contribution in [0.1, 0.15) is 0 Å². The van der Waals surface area contributed by atoms with Crippen LogP contribution >= 0.6 is 0 Å². The second-order valence-electron chi connectivity index (χ2n) is 8.06. The van der Waals surface area contributed by atoms with Gasteiger partial charge in [-0.25, -0.2) is 4.68 Å². The van der Waals surface area contributed by atoms with Gasteiger partial charge in [0.15, 0.2) is 0 Å². The summed E-state index contributed by atoms with van der Waals surface area (Å²) in [6.45, 7) is 0. The van der Waals surface area contributed by atoms with Crippen molar-refractivity contribution >= 4 is 43.5 Å². The minimum atomic E-state index is 0.810. The first-order valence-corrected chi connectivity index (χ1v) is 10.6. The number of aromatic nitrogens is 3. The molecule has 0 unspecified atom stereocenters. The van der Waals surface area contributed by atoms with E-state index in [1.165, 1.54) is 16.2 Å². The molecule has 0 N–H and O–H groups in total. The highest BCUT2D eigenvalue weighted by Gasteiger charge is 2.12. The van der Waals surface area contributed by atoms with Gasteiger partial charge in [0.1, 0.15) is 16.9 Å². The quantitative estimate of drug-likeness (QED) is 0.284. The molecule has 2 heterocycles. The Bertz CT molecular complexity index is 1790. The second-order valence-corrected chi connectivity index (χ2v) is 8.06. The average Bonchev–Trinajstić information content (AvgIpc) is 3.47. The fraction of sp³-hybridized carbons (Fsp3) is 0. The zero-order chi connectivity index (χ0) is 21.1. The minimum absolute atomic E-state index is 0.810. The predicted molar refractivity (Wildman–Crippen MR) is 129 cm³/mol. The number of hydrogen-bond donors (Lipinski definition) is 0. The van der Waals surface area contributed by atoms with E-state index in [0.717, 1.165) is 44.3 Å². The molecule has 150 valence electrons. The SMILES string of the molecule is c1ccc2cc3c(-n4cc(-c5ccc6c(c5)oc5ccccc56)nn4)cccc3cc2c1. The number of furan rings is 1. The average molecular weight is 411 g/mol. The lowest BCUT2D eigenvalue weighted by Gasteiger charge is -2.08. The third-order valence-electron chi connectivity index (χ3n) is 6.14. The summed E-state index contributed by atoms with van der Waals surface area (Å²) in [5.41, 5.74) is 4.55. The van der Waals surface area contributed by atoms with Crippen LogP contribution in [0.15, 0.2) is 108 Å². The van der Waals surface area contributed by atoms with E-state index >= 15 is 0 Å². The van der Waals surface area contributed by atoms with Crippen molar-refractivity contribution < 1.29 is 4.42 Å². The molecule has 7 rings (SSSR count). The molecule has 0 aliphatic rings. The fourth-order valence-electron chi connectivity index (χ4n) is 4.55. The molecule has 2 aromatic heterocycles. The van der Waals surface area contributed by atoms with Crippen LogP contribution in [0.4, 0.5) is 0 Å². The molecule has 0 saturated heterocycles. The maximum Gasteiger partial charge on any atom is 0.136 e. The first kappa shape index (κ1) is 17.3. The monoisotopic (exact) mass is 411 g/mol. The zero-order valence-corrected chi connectivity index (χ0v) is 17.1. The largest absolute Gasteiger partial charge is 0.456 e. The molecule has 0 spiro atoms. The molecule has 4 nitrogen and oxygen atoms in total. The van der Waals surface area contributed by atoms with Crippen LogP contribution in [-0.4, -0.2) is 15.0 Å². The first-order chi connectivity index (χ1) is 15.8. The van der Waals surface area contributed by atoms with Crippen molar-refractivity contribution in [1.82, 2.24) is 15.0 Å². The van der Waals surface area contributed by atoms with Gasteiger partial charge in [-0.3, -0.25) is 0 Å². The van der Waals surface area contributed by atoms with Crippen LogP contribution in [0, 0.1) is 0 Å². The molecule has 4 heteroatoms. The molecule has 0 amide bonds. The molecular weight excluding hydrogens is 394 g/mol. The summed E-state index contributed by atoms with van der Waals surface area (Å²) in [5, 5.41) is 15.9. The van der Waals surface area contributed by atoms with E-state index in [0.29, 0.717) is 0 Å². The Balaban J connectivity index is 1.36. The van der Waals surface area contributed by atoms with E-state index in [1.807, 2.05) is 35.1 Å². The summed E-state index contributed by atoms with van der Waals surface area (Å²) in [6.07, 6.45) is 1.98. The molecule has 0 fully saturated rings. The highest BCUT2D eigenvalue weighted by Crippen LogP contribution is 2.32. The van der Waals surface area contributed by atoms with Gasteiger partial charge in [-0.2, -0.15) is 0 Å². The van der Waals surface area contributed by atoms with Gasteiger partial charge in [0.25, 0.3) is 0 Å². The number of benzene rings is 5. The van der Waals surface area contributed by atoms with Crippen LogP contribution in [0.5, 0.6) is 0 Å². The van der Waals surface area contributed by atoms with Crippen LogP contribution < -0.4 is 0 Å². The van der Waals surface area contributed by atoms with Crippen LogP contribution in [0.3, 0.4) is 0 Å². The lowest BCUT2D eigenvalue weighted by atomic mass is 10.0. The molecule has 0 aliphatic carbocycles. The second kappa shape index (κ2) is 6.53. The number of hydrogen-bond acceptors (Lipinski definition) is 3. The van der Waals surface area contributed by atoms with Crippen molar-refractivity contribution in [2.24, 2.45) is 0 Å². The van der Waals surface area contributed by atoms with Gasteiger partial charge >= 0.3 is 0 Å². The summed E-state index contributed by atoms with van der Waals surface area (Å²) in [4.78, 5) is 0. The Morgan fingerprint density at radius 1 is 0.594 bits per heavy atom. The Morgan fingerprint density at radius 2 is 1.38 bits per heavy atom. The highest BCUT2D eigenvalue weighted by atomic mass is 16.3. The zero-order valence-electron chi connectivity index (χ0n) is 17.1. The Kier molecular flexibility index (Phi) is 3.52. The van der Waals surface area contributed by atoms with Gasteiger partial charge in [-0.15, -0.1) is 5.10 Å². The molecule has 0 bridgehead atoms. The normalized spacial score (nSPS) is 11.8. The number of nitrogens with zero attached hydrogens (tertiary/aromatic N) is 3. The van der Waals surface area contributed by atoms with Crippen LogP contribution in [0.25, 0.3) is 60.4 Å². The summed E-state index contributed by atoms with van der Waals surface area (Å²) in [6, 6.07) is 33.5. The molecule has 0 atom stereocenters. The standard InChI is InChI=1S/C28H17N3O/c1-2-7-19-15-24-20(14-18(19)6-1)8-5-10-26(24)31-17-25(29-30-31)21-12-13-23-22-9-3-4-11-27(22)32-28(23)16-21/h1-17H. The van der Waals surface area contributed by atoms with Gasteiger partial charge in [-0.05, 0) is 52.6 Å². The van der Waals surface area contributed by atoms with Crippen molar-refractivity contribution in [1.29, 1.82) is 0 Å². The summed E-state index contributed by atoms with van der Waals surface area (Å²) < 4.78 is 7.91. The van der Waals surface area contributed by atoms with E-state index in [1.54, 1.807) is 0 Å². The van der Waals surface area contributed by atoms with E-state index in [9.17, 15) is 0 Å². The van der Waals surface area contributed by atoms with Crippen molar-refractivity contribution in [2.45, 2.75) is 0 Å². The maximum atomic E-state index is 6.05. The molecule has 0 saturated carbocycles. The molecule has 32 heavy (non-hydrogen) atoms. The van der Waals surface area contributed by atoms with E-state index < -0.39 is 0 Å². The van der Waals surface area contributed by atoms with Gasteiger partial charge in [0.05, 0.1) is 11.9 Å². The maximum absolute atomic E-state index is 6.05. The first-order valence-electron chi connectivity index (χ1n) is 10.6. The fourth-order valence-corrected chi connectivity index (χ4v) is 4.55. The summed E-state index contributed by atoms with van der Waals surface area (Å²) in [5.74, 6) is 0. The lowest BCUT2D eigenvalue weighted by molar-refractivity contribution is 0.669.